The van der Waals surface area contributed by atoms with Crippen LogP contribution in [0.5, 0.6) is 0 Å². The molecule has 5 nitrogen and oxygen atoms in total. The Labute approximate surface area is 164 Å². The average molecular weight is 374 g/mol. The highest BCUT2D eigenvalue weighted by atomic mass is 16.2. The number of hydrogen-bond acceptors (Lipinski definition) is 3. The number of rotatable bonds is 8. The number of benzene rings is 1. The third-order valence-corrected chi connectivity index (χ3v) is 5.19. The van der Waals surface area contributed by atoms with Crippen LogP contribution < -0.4 is 10.2 Å². The quantitative estimate of drug-likeness (QED) is 0.711. The van der Waals surface area contributed by atoms with E-state index in [4.69, 9.17) is 0 Å². The van der Waals surface area contributed by atoms with Crippen molar-refractivity contribution >= 4 is 17.5 Å². The van der Waals surface area contributed by atoms with Crippen molar-refractivity contribution in [1.29, 1.82) is 0 Å². The van der Waals surface area contributed by atoms with Crippen molar-refractivity contribution in [1.82, 2.24) is 10.2 Å². The van der Waals surface area contributed by atoms with Gasteiger partial charge in [-0.1, -0.05) is 45.9 Å². The van der Waals surface area contributed by atoms with E-state index < -0.39 is 0 Å². The number of para-hydroxylation sites is 1. The Morgan fingerprint density at radius 3 is 2.30 bits per heavy atom. The molecule has 1 heterocycles. The molecule has 0 spiro atoms. The Kier molecular flexibility index (Phi) is 7.42. The minimum Gasteiger partial charge on any atom is -0.356 e. The summed E-state index contributed by atoms with van der Waals surface area (Å²) < 4.78 is 0. The van der Waals surface area contributed by atoms with Gasteiger partial charge in [0.05, 0.1) is 11.6 Å². The van der Waals surface area contributed by atoms with E-state index >= 15 is 0 Å². The van der Waals surface area contributed by atoms with Crippen molar-refractivity contribution in [3.05, 3.63) is 29.3 Å². The van der Waals surface area contributed by atoms with Crippen LogP contribution in [0.2, 0.25) is 0 Å². The summed E-state index contributed by atoms with van der Waals surface area (Å²) in [5, 5.41) is 3.00. The van der Waals surface area contributed by atoms with Crippen molar-refractivity contribution in [3.63, 3.8) is 0 Å². The molecule has 150 valence electrons. The molecule has 0 aromatic heterocycles. The number of nitrogens with one attached hydrogen (secondary N) is 1. The SMILES string of the molecule is CC(C)c1cccc(C(C)C)c1N1CC(C(=O)NCCCN(C)C)CC1=O. The number of carbonyl (C=O) groups is 2. The van der Waals surface area contributed by atoms with E-state index in [-0.39, 0.29) is 17.7 Å². The molecular formula is C22H35N3O2. The van der Waals surface area contributed by atoms with Gasteiger partial charge in [0, 0.05) is 19.5 Å². The summed E-state index contributed by atoms with van der Waals surface area (Å²) in [6.45, 7) is 10.7. The zero-order valence-electron chi connectivity index (χ0n) is 17.7. The summed E-state index contributed by atoms with van der Waals surface area (Å²) in [5.41, 5.74) is 3.39. The van der Waals surface area contributed by atoms with Crippen LogP contribution in [0.1, 0.15) is 63.5 Å². The standard InChI is InChI=1S/C22H35N3O2/c1-15(2)18-9-7-10-19(16(3)4)21(18)25-14-17(13-20(25)26)22(27)23-11-8-12-24(5)6/h7,9-10,15-17H,8,11-14H2,1-6H3,(H,23,27). The monoisotopic (exact) mass is 373 g/mol. The van der Waals surface area contributed by atoms with Gasteiger partial charge < -0.3 is 15.1 Å². The minimum absolute atomic E-state index is 0.00210. The Hall–Kier alpha value is -1.88. The fraction of sp³-hybridized carbons (Fsp3) is 0.636. The molecule has 2 amide bonds. The number of carbonyl (C=O) groups excluding carboxylic acids is 2. The average Bonchev–Trinajstić information content (AvgIpc) is 2.99. The highest BCUT2D eigenvalue weighted by Gasteiger charge is 2.37. The van der Waals surface area contributed by atoms with Crippen LogP contribution in [0.3, 0.4) is 0 Å². The summed E-state index contributed by atoms with van der Waals surface area (Å²) in [7, 11) is 4.04. The molecule has 0 aliphatic carbocycles. The molecule has 1 unspecified atom stereocenters. The van der Waals surface area contributed by atoms with Gasteiger partial charge in [-0.25, -0.2) is 0 Å². The van der Waals surface area contributed by atoms with Crippen LogP contribution in [0, 0.1) is 5.92 Å². The maximum absolute atomic E-state index is 12.8. The number of anilines is 1. The van der Waals surface area contributed by atoms with Crippen molar-refractivity contribution < 1.29 is 9.59 Å². The van der Waals surface area contributed by atoms with E-state index in [0.29, 0.717) is 31.3 Å². The number of amides is 2. The summed E-state index contributed by atoms with van der Waals surface area (Å²) in [5.74, 6) is 0.434. The molecule has 1 fully saturated rings. The fourth-order valence-electron chi connectivity index (χ4n) is 3.67. The molecule has 1 aromatic carbocycles. The molecule has 1 aromatic rings. The fourth-order valence-corrected chi connectivity index (χ4v) is 3.67. The van der Waals surface area contributed by atoms with E-state index in [2.05, 4.69) is 56.1 Å². The molecule has 1 aliphatic rings. The van der Waals surface area contributed by atoms with Gasteiger partial charge in [-0.05, 0) is 50.0 Å². The Balaban J connectivity index is 2.15. The van der Waals surface area contributed by atoms with Crippen molar-refractivity contribution in [2.24, 2.45) is 5.92 Å². The second-order valence-corrected chi connectivity index (χ2v) is 8.45. The van der Waals surface area contributed by atoms with Crippen molar-refractivity contribution in [3.8, 4) is 0 Å². The van der Waals surface area contributed by atoms with Gasteiger partial charge in [0.15, 0.2) is 0 Å². The van der Waals surface area contributed by atoms with Gasteiger partial charge in [0.25, 0.3) is 0 Å². The maximum Gasteiger partial charge on any atom is 0.227 e. The van der Waals surface area contributed by atoms with Crippen LogP contribution >= 0.6 is 0 Å². The van der Waals surface area contributed by atoms with E-state index in [9.17, 15) is 9.59 Å². The highest BCUT2D eigenvalue weighted by Crippen LogP contribution is 2.38. The van der Waals surface area contributed by atoms with Gasteiger partial charge in [-0.3, -0.25) is 9.59 Å². The lowest BCUT2D eigenvalue weighted by Crippen LogP contribution is -2.34. The third-order valence-electron chi connectivity index (χ3n) is 5.19. The van der Waals surface area contributed by atoms with Crippen molar-refractivity contribution in [2.45, 2.75) is 52.4 Å². The molecule has 2 rings (SSSR count). The minimum atomic E-state index is -0.267. The lowest BCUT2D eigenvalue weighted by molar-refractivity contribution is -0.126. The first-order chi connectivity index (χ1) is 12.7. The summed E-state index contributed by atoms with van der Waals surface area (Å²) in [4.78, 5) is 29.3. The zero-order chi connectivity index (χ0) is 20.1. The van der Waals surface area contributed by atoms with Crippen LogP contribution in [-0.2, 0) is 9.59 Å². The molecule has 0 radical (unpaired) electrons. The predicted molar refractivity (Wildman–Crippen MR) is 111 cm³/mol. The van der Waals surface area contributed by atoms with Crippen molar-refractivity contribution in [2.75, 3.05) is 38.6 Å². The summed E-state index contributed by atoms with van der Waals surface area (Å²) in [6.07, 6.45) is 1.21. The van der Waals surface area contributed by atoms with Crippen LogP contribution in [-0.4, -0.2) is 50.4 Å². The van der Waals surface area contributed by atoms with E-state index in [1.54, 1.807) is 0 Å². The molecule has 27 heavy (non-hydrogen) atoms. The van der Waals surface area contributed by atoms with E-state index in [1.165, 1.54) is 11.1 Å². The topological polar surface area (TPSA) is 52.7 Å². The van der Waals surface area contributed by atoms with Crippen LogP contribution in [0.15, 0.2) is 18.2 Å². The second-order valence-electron chi connectivity index (χ2n) is 8.45. The molecule has 1 N–H and O–H groups in total. The normalized spacial score (nSPS) is 17.4. The second kappa shape index (κ2) is 9.36. The molecule has 0 saturated carbocycles. The van der Waals surface area contributed by atoms with Gasteiger partial charge in [0.2, 0.25) is 11.8 Å². The molecule has 1 saturated heterocycles. The Morgan fingerprint density at radius 1 is 1.19 bits per heavy atom. The molecule has 1 atom stereocenters. The molecular weight excluding hydrogens is 338 g/mol. The van der Waals surface area contributed by atoms with Gasteiger partial charge in [-0.2, -0.15) is 0 Å². The lowest BCUT2D eigenvalue weighted by Gasteiger charge is -2.27. The van der Waals surface area contributed by atoms with Gasteiger partial charge >= 0.3 is 0 Å². The van der Waals surface area contributed by atoms with Gasteiger partial charge in [0.1, 0.15) is 0 Å². The maximum atomic E-state index is 12.8. The Bertz CT molecular complexity index is 641. The van der Waals surface area contributed by atoms with Crippen LogP contribution in [0.4, 0.5) is 5.69 Å². The first-order valence-electron chi connectivity index (χ1n) is 10.1. The summed E-state index contributed by atoms with van der Waals surface area (Å²) >= 11 is 0. The van der Waals surface area contributed by atoms with Gasteiger partial charge in [-0.15, -0.1) is 0 Å². The Morgan fingerprint density at radius 2 is 1.78 bits per heavy atom. The first kappa shape index (κ1) is 21.4. The number of nitrogens with zero attached hydrogens (tertiary/aromatic N) is 2. The molecule has 0 bridgehead atoms. The third kappa shape index (κ3) is 5.32. The van der Waals surface area contributed by atoms with E-state index in [0.717, 1.165) is 18.7 Å². The molecule has 1 aliphatic heterocycles. The zero-order valence-corrected chi connectivity index (χ0v) is 17.7. The predicted octanol–water partition coefficient (Wildman–Crippen LogP) is 3.35. The molecule has 5 heteroatoms. The van der Waals surface area contributed by atoms with E-state index in [1.807, 2.05) is 19.0 Å². The smallest absolute Gasteiger partial charge is 0.227 e. The highest BCUT2D eigenvalue weighted by molar-refractivity contribution is 6.01. The lowest BCUT2D eigenvalue weighted by atomic mass is 9.92. The summed E-state index contributed by atoms with van der Waals surface area (Å²) in [6, 6.07) is 6.28. The first-order valence-corrected chi connectivity index (χ1v) is 10.1. The number of hydrogen-bond donors (Lipinski definition) is 1. The largest absolute Gasteiger partial charge is 0.356 e. The van der Waals surface area contributed by atoms with Crippen LogP contribution in [0.25, 0.3) is 0 Å².